The van der Waals surface area contributed by atoms with Crippen molar-refractivity contribution in [1.29, 1.82) is 0 Å². The fraction of sp³-hybridized carbons (Fsp3) is 0.200. The summed E-state index contributed by atoms with van der Waals surface area (Å²) < 4.78 is 22.1. The molecule has 0 fully saturated rings. The van der Waals surface area contributed by atoms with Crippen LogP contribution in [0.1, 0.15) is 5.56 Å². The SMILES string of the molecule is O=P(O)(COc1ccccc1)OCCc1ccccc1. The second-order valence-electron chi connectivity index (χ2n) is 4.29. The Morgan fingerprint density at radius 2 is 1.55 bits per heavy atom. The number of hydrogen-bond acceptors (Lipinski definition) is 3. The molecule has 0 spiro atoms. The first-order valence-electron chi connectivity index (χ1n) is 6.34. The largest absolute Gasteiger partial charge is 0.481 e. The van der Waals surface area contributed by atoms with Crippen molar-refractivity contribution in [2.75, 3.05) is 13.0 Å². The van der Waals surface area contributed by atoms with Crippen molar-refractivity contribution >= 4 is 7.60 Å². The lowest BCUT2D eigenvalue weighted by Gasteiger charge is -2.13. The second kappa shape index (κ2) is 7.25. The molecule has 0 amide bonds. The van der Waals surface area contributed by atoms with Crippen molar-refractivity contribution in [3.05, 3.63) is 66.2 Å². The van der Waals surface area contributed by atoms with Crippen LogP contribution in [0.3, 0.4) is 0 Å². The van der Waals surface area contributed by atoms with E-state index in [1.165, 1.54) is 0 Å². The van der Waals surface area contributed by atoms with Crippen molar-refractivity contribution in [3.63, 3.8) is 0 Å². The maximum atomic E-state index is 11.8. The minimum absolute atomic E-state index is 0.190. The average molecular weight is 292 g/mol. The Balaban J connectivity index is 1.75. The summed E-state index contributed by atoms with van der Waals surface area (Å²) >= 11 is 0. The van der Waals surface area contributed by atoms with Crippen LogP contribution in [0.2, 0.25) is 0 Å². The van der Waals surface area contributed by atoms with Crippen molar-refractivity contribution < 1.29 is 18.7 Å². The van der Waals surface area contributed by atoms with Gasteiger partial charge in [-0.1, -0.05) is 48.5 Å². The van der Waals surface area contributed by atoms with Gasteiger partial charge in [0.1, 0.15) is 5.75 Å². The van der Waals surface area contributed by atoms with Crippen molar-refractivity contribution in [2.24, 2.45) is 0 Å². The van der Waals surface area contributed by atoms with E-state index in [0.29, 0.717) is 12.2 Å². The predicted molar refractivity (Wildman–Crippen MR) is 77.9 cm³/mol. The molecule has 0 aliphatic rings. The summed E-state index contributed by atoms with van der Waals surface area (Å²) in [6.07, 6.45) is 0.253. The van der Waals surface area contributed by atoms with Gasteiger partial charge in [-0.3, -0.25) is 4.57 Å². The van der Waals surface area contributed by atoms with Crippen molar-refractivity contribution in [2.45, 2.75) is 6.42 Å². The fourth-order valence-corrected chi connectivity index (χ4v) is 2.42. The first-order valence-corrected chi connectivity index (χ1v) is 8.10. The van der Waals surface area contributed by atoms with Crippen LogP contribution in [-0.4, -0.2) is 17.8 Å². The molecule has 0 bridgehead atoms. The molecular formula is C15H17O4P. The highest BCUT2D eigenvalue weighted by Gasteiger charge is 2.20. The number of benzene rings is 2. The maximum absolute atomic E-state index is 11.8. The van der Waals surface area contributed by atoms with Gasteiger partial charge in [0, 0.05) is 0 Å². The van der Waals surface area contributed by atoms with Gasteiger partial charge < -0.3 is 14.2 Å². The third-order valence-electron chi connectivity index (χ3n) is 2.66. The fourth-order valence-electron chi connectivity index (χ4n) is 1.66. The quantitative estimate of drug-likeness (QED) is 0.794. The summed E-state index contributed by atoms with van der Waals surface area (Å²) in [4.78, 5) is 9.66. The van der Waals surface area contributed by atoms with E-state index < -0.39 is 7.60 Å². The lowest BCUT2D eigenvalue weighted by molar-refractivity contribution is 0.233. The van der Waals surface area contributed by atoms with Gasteiger partial charge >= 0.3 is 7.60 Å². The molecule has 2 rings (SSSR count). The highest BCUT2D eigenvalue weighted by molar-refractivity contribution is 7.52. The molecule has 0 saturated heterocycles. The van der Waals surface area contributed by atoms with Crippen LogP contribution < -0.4 is 4.74 Å². The number of ether oxygens (including phenoxy) is 1. The molecule has 2 aromatic carbocycles. The van der Waals surface area contributed by atoms with Crippen LogP contribution in [-0.2, 0) is 15.5 Å². The van der Waals surface area contributed by atoms with Crippen LogP contribution >= 0.6 is 7.60 Å². The summed E-state index contributed by atoms with van der Waals surface area (Å²) in [5.74, 6) is 0.549. The van der Waals surface area contributed by atoms with E-state index >= 15 is 0 Å². The van der Waals surface area contributed by atoms with Crippen molar-refractivity contribution in [1.82, 2.24) is 0 Å². The number of rotatable bonds is 7. The van der Waals surface area contributed by atoms with Gasteiger partial charge in [-0.15, -0.1) is 0 Å². The standard InChI is InChI=1S/C15H17O4P/c16-20(17,13-18-15-9-5-2-6-10-15)19-12-11-14-7-3-1-4-8-14/h1-10H,11-13H2,(H,16,17). The van der Waals surface area contributed by atoms with Crippen LogP contribution in [0.4, 0.5) is 0 Å². The molecule has 0 heterocycles. The lowest BCUT2D eigenvalue weighted by Crippen LogP contribution is -2.04. The van der Waals surface area contributed by atoms with Gasteiger partial charge in [0.25, 0.3) is 0 Å². The van der Waals surface area contributed by atoms with Crippen LogP contribution in [0.5, 0.6) is 5.75 Å². The Morgan fingerprint density at radius 3 is 2.20 bits per heavy atom. The molecule has 4 nitrogen and oxygen atoms in total. The summed E-state index contributed by atoms with van der Waals surface area (Å²) in [6.45, 7) is 0.190. The van der Waals surface area contributed by atoms with Crippen LogP contribution in [0.25, 0.3) is 0 Å². The summed E-state index contributed by atoms with van der Waals surface area (Å²) in [5, 5.41) is 0. The number of para-hydroxylation sites is 1. The Labute approximate surface area is 118 Å². The van der Waals surface area contributed by atoms with E-state index in [1.807, 2.05) is 36.4 Å². The first kappa shape index (κ1) is 14.8. The van der Waals surface area contributed by atoms with E-state index in [2.05, 4.69) is 0 Å². The molecule has 1 unspecified atom stereocenters. The third-order valence-corrected chi connectivity index (χ3v) is 3.71. The average Bonchev–Trinajstić information content (AvgIpc) is 2.47. The highest BCUT2D eigenvalue weighted by Crippen LogP contribution is 2.41. The van der Waals surface area contributed by atoms with Gasteiger partial charge in [-0.25, -0.2) is 0 Å². The van der Waals surface area contributed by atoms with E-state index in [0.717, 1.165) is 5.56 Å². The topological polar surface area (TPSA) is 55.8 Å². The molecule has 1 N–H and O–H groups in total. The summed E-state index contributed by atoms with van der Waals surface area (Å²) in [7, 11) is -3.72. The maximum Gasteiger partial charge on any atom is 0.365 e. The Morgan fingerprint density at radius 1 is 0.950 bits per heavy atom. The van der Waals surface area contributed by atoms with Crippen LogP contribution in [0.15, 0.2) is 60.7 Å². The molecular weight excluding hydrogens is 275 g/mol. The van der Waals surface area contributed by atoms with E-state index in [4.69, 9.17) is 9.26 Å². The molecule has 0 saturated carbocycles. The monoisotopic (exact) mass is 292 g/mol. The molecule has 2 aromatic rings. The normalized spacial score (nSPS) is 13.7. The molecule has 0 aliphatic carbocycles. The number of hydrogen-bond donors (Lipinski definition) is 1. The molecule has 106 valence electrons. The summed E-state index contributed by atoms with van der Waals surface area (Å²) in [5.41, 5.74) is 1.07. The molecule has 20 heavy (non-hydrogen) atoms. The van der Waals surface area contributed by atoms with Crippen molar-refractivity contribution in [3.8, 4) is 5.75 Å². The molecule has 0 aliphatic heterocycles. The van der Waals surface area contributed by atoms with E-state index in [1.54, 1.807) is 24.3 Å². The molecule has 1 atom stereocenters. The molecule has 0 aromatic heterocycles. The summed E-state index contributed by atoms with van der Waals surface area (Å²) in [6, 6.07) is 18.6. The minimum Gasteiger partial charge on any atom is -0.481 e. The zero-order valence-electron chi connectivity index (χ0n) is 11.0. The van der Waals surface area contributed by atoms with Gasteiger partial charge in [0.2, 0.25) is 0 Å². The van der Waals surface area contributed by atoms with Gasteiger partial charge in [-0.05, 0) is 24.1 Å². The van der Waals surface area contributed by atoms with Crippen LogP contribution in [0, 0.1) is 0 Å². The Kier molecular flexibility index (Phi) is 5.36. The van der Waals surface area contributed by atoms with Gasteiger partial charge in [0.15, 0.2) is 6.35 Å². The molecule has 5 heteroatoms. The third kappa shape index (κ3) is 5.17. The minimum atomic E-state index is -3.72. The Bertz CT molecular complexity index is 557. The predicted octanol–water partition coefficient (Wildman–Crippen LogP) is 3.47. The smallest absolute Gasteiger partial charge is 0.365 e. The lowest BCUT2D eigenvalue weighted by atomic mass is 10.2. The Hall–Kier alpha value is -1.61. The second-order valence-corrected chi connectivity index (χ2v) is 6.08. The van der Waals surface area contributed by atoms with E-state index in [-0.39, 0.29) is 13.0 Å². The van der Waals surface area contributed by atoms with E-state index in [9.17, 15) is 9.46 Å². The van der Waals surface area contributed by atoms with Gasteiger partial charge in [0.05, 0.1) is 6.61 Å². The zero-order chi connectivity index (χ0) is 14.3. The first-order chi connectivity index (χ1) is 9.66. The zero-order valence-corrected chi connectivity index (χ0v) is 11.9. The van der Waals surface area contributed by atoms with Gasteiger partial charge in [-0.2, -0.15) is 0 Å². The highest BCUT2D eigenvalue weighted by atomic mass is 31.2. The molecule has 0 radical (unpaired) electrons.